The number of fused-ring (bicyclic) bond motifs is 1. The second kappa shape index (κ2) is 5.12. The van der Waals surface area contributed by atoms with Gasteiger partial charge in [0.25, 0.3) is 0 Å². The molecular weight excluding hydrogens is 270 g/mol. The number of hydrogen-bond donors (Lipinski definition) is 3. The van der Waals surface area contributed by atoms with E-state index in [-0.39, 0.29) is 17.6 Å². The van der Waals surface area contributed by atoms with Crippen LogP contribution < -0.4 is 10.1 Å². The fourth-order valence-corrected chi connectivity index (χ4v) is 2.73. The van der Waals surface area contributed by atoms with Gasteiger partial charge in [-0.1, -0.05) is 6.07 Å². The van der Waals surface area contributed by atoms with Crippen LogP contribution >= 0.6 is 0 Å². The summed E-state index contributed by atoms with van der Waals surface area (Å²) in [7, 11) is 0. The molecule has 2 aromatic rings. The maximum Gasteiger partial charge on any atom is 0.226 e. The third kappa shape index (κ3) is 2.33. The number of anilines is 1. The van der Waals surface area contributed by atoms with Crippen LogP contribution in [0.4, 0.5) is 5.82 Å². The van der Waals surface area contributed by atoms with Crippen LogP contribution in [-0.2, 0) is 4.79 Å². The first kappa shape index (κ1) is 13.5. The van der Waals surface area contributed by atoms with Gasteiger partial charge >= 0.3 is 0 Å². The lowest BCUT2D eigenvalue weighted by Gasteiger charge is -2.23. The fourth-order valence-electron chi connectivity index (χ4n) is 2.73. The Morgan fingerprint density at radius 3 is 3.05 bits per heavy atom. The zero-order valence-electron chi connectivity index (χ0n) is 11.9. The highest BCUT2D eigenvalue weighted by atomic mass is 16.5. The minimum absolute atomic E-state index is 0.0648. The van der Waals surface area contributed by atoms with Gasteiger partial charge in [-0.25, -0.2) is 0 Å². The van der Waals surface area contributed by atoms with Crippen LogP contribution in [0.5, 0.6) is 11.5 Å². The second-order valence-electron chi connectivity index (χ2n) is 5.08. The topological polar surface area (TPSA) is 87.2 Å². The molecule has 1 amide bonds. The van der Waals surface area contributed by atoms with Crippen LogP contribution in [0.3, 0.4) is 0 Å². The van der Waals surface area contributed by atoms with Crippen molar-refractivity contribution in [3.05, 3.63) is 35.0 Å². The summed E-state index contributed by atoms with van der Waals surface area (Å²) in [5.41, 5.74) is 2.85. The molecule has 6 heteroatoms. The number of phenolic OH excluding ortho intramolecular Hbond substituents is 1. The number of aryl methyl sites for hydroxylation is 1. The molecule has 0 spiro atoms. The van der Waals surface area contributed by atoms with Gasteiger partial charge in [-0.05, 0) is 31.5 Å². The molecule has 110 valence electrons. The van der Waals surface area contributed by atoms with Gasteiger partial charge < -0.3 is 15.2 Å². The number of aromatic nitrogens is 2. The van der Waals surface area contributed by atoms with E-state index in [0.29, 0.717) is 24.6 Å². The van der Waals surface area contributed by atoms with E-state index in [1.807, 2.05) is 19.9 Å². The number of hydrogen-bond acceptors (Lipinski definition) is 4. The summed E-state index contributed by atoms with van der Waals surface area (Å²) in [5, 5.41) is 19.6. The minimum atomic E-state index is -0.0905. The lowest BCUT2D eigenvalue weighted by Crippen LogP contribution is -2.23. The van der Waals surface area contributed by atoms with Gasteiger partial charge in [0.05, 0.1) is 6.61 Å². The van der Waals surface area contributed by atoms with Crippen LogP contribution in [0.1, 0.15) is 36.1 Å². The highest BCUT2D eigenvalue weighted by molar-refractivity contribution is 5.94. The number of carbonyl (C=O) groups is 1. The van der Waals surface area contributed by atoms with E-state index in [4.69, 9.17) is 4.74 Å². The first-order chi connectivity index (χ1) is 10.1. The second-order valence-corrected chi connectivity index (χ2v) is 5.08. The molecular formula is C15H17N3O3. The Kier molecular flexibility index (Phi) is 3.29. The Bertz CT molecular complexity index is 693. The predicted octanol–water partition coefficient (Wildman–Crippen LogP) is 2.30. The third-order valence-corrected chi connectivity index (χ3v) is 3.68. The van der Waals surface area contributed by atoms with Crippen molar-refractivity contribution in [3.63, 3.8) is 0 Å². The zero-order valence-corrected chi connectivity index (χ0v) is 11.9. The first-order valence-electron chi connectivity index (χ1n) is 6.90. The Morgan fingerprint density at radius 1 is 1.48 bits per heavy atom. The van der Waals surface area contributed by atoms with Gasteiger partial charge in [-0.3, -0.25) is 9.89 Å². The molecule has 1 atom stereocenters. The molecule has 1 aromatic heterocycles. The molecule has 0 bridgehead atoms. The minimum Gasteiger partial charge on any atom is -0.504 e. The summed E-state index contributed by atoms with van der Waals surface area (Å²) in [6.45, 7) is 4.26. The van der Waals surface area contributed by atoms with E-state index < -0.39 is 0 Å². The SMILES string of the molecule is CCOc1cc([C@H]2CC(=O)Nc3n[nH]c(C)c32)ccc1O. The Morgan fingerprint density at radius 2 is 2.29 bits per heavy atom. The number of ether oxygens (including phenoxy) is 1. The lowest BCUT2D eigenvalue weighted by molar-refractivity contribution is -0.116. The first-order valence-corrected chi connectivity index (χ1v) is 6.90. The number of rotatable bonds is 3. The molecule has 1 aliphatic rings. The molecule has 3 rings (SSSR count). The molecule has 0 radical (unpaired) electrons. The van der Waals surface area contributed by atoms with Crippen LogP contribution in [0.15, 0.2) is 18.2 Å². The average molecular weight is 287 g/mol. The number of aromatic amines is 1. The van der Waals surface area contributed by atoms with Crippen LogP contribution in [0, 0.1) is 6.92 Å². The van der Waals surface area contributed by atoms with Crippen LogP contribution in [0.2, 0.25) is 0 Å². The summed E-state index contributed by atoms with van der Waals surface area (Å²) >= 11 is 0. The van der Waals surface area contributed by atoms with E-state index in [2.05, 4.69) is 15.5 Å². The van der Waals surface area contributed by atoms with E-state index >= 15 is 0 Å². The molecule has 0 fully saturated rings. The summed E-state index contributed by atoms with van der Waals surface area (Å²) < 4.78 is 5.42. The highest BCUT2D eigenvalue weighted by Gasteiger charge is 2.30. The highest BCUT2D eigenvalue weighted by Crippen LogP contribution is 2.40. The summed E-state index contributed by atoms with van der Waals surface area (Å²) in [6, 6.07) is 5.21. The van der Waals surface area contributed by atoms with Gasteiger partial charge in [0, 0.05) is 23.6 Å². The van der Waals surface area contributed by atoms with Crippen molar-refractivity contribution in [2.24, 2.45) is 0 Å². The van der Waals surface area contributed by atoms with Crippen molar-refractivity contribution in [1.82, 2.24) is 10.2 Å². The molecule has 6 nitrogen and oxygen atoms in total. The number of amides is 1. The maximum atomic E-state index is 11.9. The molecule has 3 N–H and O–H groups in total. The van der Waals surface area contributed by atoms with Gasteiger partial charge in [0.2, 0.25) is 5.91 Å². The quantitative estimate of drug-likeness (QED) is 0.808. The lowest BCUT2D eigenvalue weighted by atomic mass is 9.85. The Balaban J connectivity index is 2.06. The van der Waals surface area contributed by atoms with E-state index in [9.17, 15) is 9.90 Å². The van der Waals surface area contributed by atoms with E-state index in [0.717, 1.165) is 16.8 Å². The number of nitrogens with one attached hydrogen (secondary N) is 2. The average Bonchev–Trinajstić information content (AvgIpc) is 2.82. The summed E-state index contributed by atoms with van der Waals surface area (Å²) in [4.78, 5) is 11.9. The van der Waals surface area contributed by atoms with Crippen molar-refractivity contribution < 1.29 is 14.6 Å². The van der Waals surface area contributed by atoms with Crippen molar-refractivity contribution in [1.29, 1.82) is 0 Å². The van der Waals surface area contributed by atoms with Gasteiger partial charge in [-0.15, -0.1) is 0 Å². The number of phenols is 1. The third-order valence-electron chi connectivity index (χ3n) is 3.68. The number of H-pyrrole nitrogens is 1. The van der Waals surface area contributed by atoms with Crippen LogP contribution in [-0.4, -0.2) is 27.8 Å². The molecule has 1 aliphatic heterocycles. The maximum absolute atomic E-state index is 11.9. The summed E-state index contributed by atoms with van der Waals surface area (Å²) in [5.74, 6) is 0.964. The number of benzene rings is 1. The number of nitrogens with zero attached hydrogens (tertiary/aromatic N) is 1. The number of aromatic hydroxyl groups is 1. The van der Waals surface area contributed by atoms with E-state index in [1.54, 1.807) is 12.1 Å². The summed E-state index contributed by atoms with van der Waals surface area (Å²) in [6.07, 6.45) is 0.351. The van der Waals surface area contributed by atoms with Crippen molar-refractivity contribution in [2.75, 3.05) is 11.9 Å². The molecule has 0 aliphatic carbocycles. The smallest absolute Gasteiger partial charge is 0.226 e. The molecule has 21 heavy (non-hydrogen) atoms. The van der Waals surface area contributed by atoms with Gasteiger partial charge in [-0.2, -0.15) is 5.10 Å². The monoisotopic (exact) mass is 287 g/mol. The fraction of sp³-hybridized carbons (Fsp3) is 0.333. The van der Waals surface area contributed by atoms with Crippen molar-refractivity contribution in [2.45, 2.75) is 26.2 Å². The van der Waals surface area contributed by atoms with Crippen molar-refractivity contribution >= 4 is 11.7 Å². The van der Waals surface area contributed by atoms with Crippen LogP contribution in [0.25, 0.3) is 0 Å². The largest absolute Gasteiger partial charge is 0.504 e. The molecule has 0 saturated heterocycles. The Hall–Kier alpha value is -2.50. The van der Waals surface area contributed by atoms with E-state index in [1.165, 1.54) is 0 Å². The number of carbonyl (C=O) groups excluding carboxylic acids is 1. The standard InChI is InChI=1S/C15H17N3O3/c1-3-21-12-6-9(4-5-11(12)19)10-7-13(20)16-15-14(10)8(2)17-18-15/h4-6,10,19H,3,7H2,1-2H3,(H2,16,17,18,20)/t10-/m1/s1. The normalized spacial score (nSPS) is 17.2. The van der Waals surface area contributed by atoms with Gasteiger partial charge in [0.1, 0.15) is 0 Å². The molecule has 1 aromatic carbocycles. The molecule has 0 unspecified atom stereocenters. The van der Waals surface area contributed by atoms with Crippen molar-refractivity contribution in [3.8, 4) is 11.5 Å². The Labute approximate surface area is 122 Å². The predicted molar refractivity (Wildman–Crippen MR) is 77.7 cm³/mol. The molecule has 2 heterocycles. The zero-order chi connectivity index (χ0) is 15.0. The van der Waals surface area contributed by atoms with Gasteiger partial charge in [0.15, 0.2) is 17.3 Å². The molecule has 0 saturated carbocycles.